The standard InChI is InChI=1S/C3N2O2S/c4-1-3(2-5)8(6)7. The van der Waals surface area contributed by atoms with Gasteiger partial charge in [0.15, 0.2) is 0 Å². The summed E-state index contributed by atoms with van der Waals surface area (Å²) in [6, 6.07) is 2.39. The van der Waals surface area contributed by atoms with Crippen LogP contribution < -0.4 is 0 Å². The second-order valence-corrected chi connectivity index (χ2v) is 1.67. The molecule has 0 aromatic rings. The van der Waals surface area contributed by atoms with Gasteiger partial charge in [-0.05, 0) is 0 Å². The largest absolute Gasteiger partial charge is 0.248 e. The molecule has 0 unspecified atom stereocenters. The van der Waals surface area contributed by atoms with Crippen LogP contribution in [-0.2, 0) is 10.3 Å². The third kappa shape index (κ3) is 1.41. The van der Waals surface area contributed by atoms with Gasteiger partial charge in [0.1, 0.15) is 12.1 Å². The highest BCUT2D eigenvalue weighted by molar-refractivity contribution is 7.74. The first-order valence-corrected chi connectivity index (χ1v) is 2.56. The molecule has 0 radical (unpaired) electrons. The molecule has 0 spiro atoms. The summed E-state index contributed by atoms with van der Waals surface area (Å²) in [5.74, 6) is 0. The van der Waals surface area contributed by atoms with Gasteiger partial charge in [0.05, 0.1) is 0 Å². The molecule has 0 saturated carbocycles. The maximum absolute atomic E-state index is 9.68. The van der Waals surface area contributed by atoms with Crippen molar-refractivity contribution in [3.8, 4) is 12.1 Å². The minimum absolute atomic E-state index is 0.787. The van der Waals surface area contributed by atoms with Gasteiger partial charge >= 0.3 is 0 Å². The predicted octanol–water partition coefficient (Wildman–Crippen LogP) is -0.915. The van der Waals surface area contributed by atoms with Crippen molar-refractivity contribution in [2.45, 2.75) is 0 Å². The Morgan fingerprint density at radius 1 is 1.25 bits per heavy atom. The Morgan fingerprint density at radius 3 is 1.62 bits per heavy atom. The fraction of sp³-hybridized carbons (Fsp3) is 0. The number of nitrogens with zero attached hydrogens (tertiary/aromatic N) is 2. The van der Waals surface area contributed by atoms with Crippen LogP contribution in [0.2, 0.25) is 0 Å². The molecule has 0 N–H and O–H groups in total. The Bertz CT molecular complexity index is 262. The quantitative estimate of drug-likeness (QED) is 0.395. The van der Waals surface area contributed by atoms with Gasteiger partial charge in [0.2, 0.25) is 15.2 Å². The smallest absolute Gasteiger partial charge is 0.191 e. The summed E-state index contributed by atoms with van der Waals surface area (Å²) in [5, 5.41) is 15.6. The van der Waals surface area contributed by atoms with Gasteiger partial charge < -0.3 is 0 Å². The highest BCUT2D eigenvalue weighted by Crippen LogP contribution is 1.61. The normalized spacial score (nSPS) is 6.25. The Morgan fingerprint density at radius 2 is 1.62 bits per heavy atom. The van der Waals surface area contributed by atoms with Crippen molar-refractivity contribution in [3.05, 3.63) is 0 Å². The molecule has 0 aliphatic heterocycles. The lowest BCUT2D eigenvalue weighted by atomic mass is 10.5. The highest BCUT2D eigenvalue weighted by Gasteiger charge is 1.91. The van der Waals surface area contributed by atoms with E-state index in [2.05, 4.69) is 0 Å². The second kappa shape index (κ2) is 2.78. The van der Waals surface area contributed by atoms with Crippen LogP contribution in [0.4, 0.5) is 0 Å². The van der Waals surface area contributed by atoms with E-state index in [0.717, 1.165) is 0 Å². The third-order valence-corrected chi connectivity index (χ3v) is 0.886. The van der Waals surface area contributed by atoms with Crippen molar-refractivity contribution in [1.82, 2.24) is 0 Å². The van der Waals surface area contributed by atoms with E-state index < -0.39 is 15.2 Å². The highest BCUT2D eigenvalue weighted by atomic mass is 32.2. The van der Waals surface area contributed by atoms with E-state index in [4.69, 9.17) is 10.5 Å². The number of hydrogen-bond acceptors (Lipinski definition) is 4. The summed E-state index contributed by atoms with van der Waals surface area (Å²) in [4.78, 5) is -0.787. The SMILES string of the molecule is N#CC(C#N)=S(=O)=O. The van der Waals surface area contributed by atoms with Crippen LogP contribution in [-0.4, -0.2) is 13.3 Å². The molecule has 0 aromatic carbocycles. The van der Waals surface area contributed by atoms with Gasteiger partial charge in [-0.25, -0.2) is 0 Å². The molecule has 0 atom stereocenters. The lowest BCUT2D eigenvalue weighted by Crippen LogP contribution is -1.87. The van der Waals surface area contributed by atoms with Crippen molar-refractivity contribution in [1.29, 1.82) is 10.5 Å². The second-order valence-electron chi connectivity index (χ2n) is 0.787. The number of nitriles is 2. The maximum atomic E-state index is 9.68. The Kier molecular flexibility index (Phi) is 2.32. The summed E-state index contributed by atoms with van der Waals surface area (Å²) in [6.45, 7) is 0. The van der Waals surface area contributed by atoms with Gasteiger partial charge in [-0.15, -0.1) is 0 Å². The van der Waals surface area contributed by atoms with E-state index in [9.17, 15) is 8.42 Å². The molecule has 0 aromatic heterocycles. The van der Waals surface area contributed by atoms with E-state index in [1.165, 1.54) is 12.1 Å². The van der Waals surface area contributed by atoms with Gasteiger partial charge in [-0.2, -0.15) is 18.9 Å². The lowest BCUT2D eigenvalue weighted by Gasteiger charge is -1.57. The topological polar surface area (TPSA) is 81.7 Å². The molecule has 0 aliphatic rings. The number of rotatable bonds is 0. The Hall–Kier alpha value is -1.33. The van der Waals surface area contributed by atoms with Crippen molar-refractivity contribution >= 4 is 15.2 Å². The Labute approximate surface area is 47.1 Å². The fourth-order valence-electron chi connectivity index (χ4n) is 0.0995. The Balaban J connectivity index is 5.10. The van der Waals surface area contributed by atoms with Crippen molar-refractivity contribution in [2.24, 2.45) is 0 Å². The molecular weight excluding hydrogens is 128 g/mol. The number of hydrogen-bond donors (Lipinski definition) is 0. The van der Waals surface area contributed by atoms with Crippen LogP contribution in [0.25, 0.3) is 0 Å². The first-order valence-electron chi connectivity index (χ1n) is 1.48. The van der Waals surface area contributed by atoms with Crippen LogP contribution in [0.3, 0.4) is 0 Å². The fourth-order valence-corrected chi connectivity index (χ4v) is 0.249. The summed E-state index contributed by atoms with van der Waals surface area (Å²) >= 11 is 0. The predicted molar refractivity (Wildman–Crippen MR) is 25.2 cm³/mol. The van der Waals surface area contributed by atoms with Gasteiger partial charge in [0, 0.05) is 0 Å². The molecule has 0 aliphatic carbocycles. The van der Waals surface area contributed by atoms with Crippen LogP contribution >= 0.6 is 0 Å². The molecular formula is C3N2O2S. The van der Waals surface area contributed by atoms with E-state index in [1.807, 2.05) is 0 Å². The zero-order chi connectivity index (χ0) is 6.57. The molecule has 0 heterocycles. The van der Waals surface area contributed by atoms with E-state index >= 15 is 0 Å². The van der Waals surface area contributed by atoms with Gasteiger partial charge in [0.25, 0.3) is 0 Å². The van der Waals surface area contributed by atoms with E-state index in [1.54, 1.807) is 0 Å². The molecule has 0 amide bonds. The molecule has 0 rings (SSSR count). The van der Waals surface area contributed by atoms with Crippen molar-refractivity contribution in [2.75, 3.05) is 0 Å². The molecule has 0 saturated heterocycles. The zero-order valence-electron chi connectivity index (χ0n) is 3.62. The zero-order valence-corrected chi connectivity index (χ0v) is 4.44. The first kappa shape index (κ1) is 6.67. The van der Waals surface area contributed by atoms with Crippen LogP contribution in [0.5, 0.6) is 0 Å². The average molecular weight is 128 g/mol. The summed E-state index contributed by atoms with van der Waals surface area (Å²) < 4.78 is 19.4. The summed E-state index contributed by atoms with van der Waals surface area (Å²) in [6.07, 6.45) is 0. The minimum Gasteiger partial charge on any atom is -0.191 e. The van der Waals surface area contributed by atoms with Gasteiger partial charge in [-0.3, -0.25) is 0 Å². The molecule has 0 bridgehead atoms. The maximum Gasteiger partial charge on any atom is 0.248 e. The average Bonchev–Trinajstić information content (AvgIpc) is 1.69. The molecule has 5 heteroatoms. The molecule has 40 valence electrons. The lowest BCUT2D eigenvalue weighted by molar-refractivity contribution is 0.627. The molecule has 0 fully saturated rings. The summed E-state index contributed by atoms with van der Waals surface area (Å²) in [5.41, 5.74) is 0. The molecule has 8 heavy (non-hydrogen) atoms. The minimum atomic E-state index is -2.66. The molecule has 4 nitrogen and oxygen atoms in total. The summed E-state index contributed by atoms with van der Waals surface area (Å²) in [7, 11) is -2.66. The van der Waals surface area contributed by atoms with E-state index in [0.29, 0.717) is 0 Å². The van der Waals surface area contributed by atoms with Crippen molar-refractivity contribution in [3.63, 3.8) is 0 Å². The van der Waals surface area contributed by atoms with Crippen molar-refractivity contribution < 1.29 is 8.42 Å². The van der Waals surface area contributed by atoms with Crippen LogP contribution in [0.15, 0.2) is 0 Å². The third-order valence-electron chi connectivity index (χ3n) is 0.370. The van der Waals surface area contributed by atoms with Crippen LogP contribution in [0.1, 0.15) is 0 Å². The first-order chi connectivity index (χ1) is 3.72. The van der Waals surface area contributed by atoms with E-state index in [-0.39, 0.29) is 0 Å². The van der Waals surface area contributed by atoms with Crippen LogP contribution in [0, 0.1) is 22.7 Å². The van der Waals surface area contributed by atoms with Gasteiger partial charge in [-0.1, -0.05) is 0 Å². The monoisotopic (exact) mass is 128 g/mol.